The molecule has 0 unspecified atom stereocenters. The van der Waals surface area contributed by atoms with Crippen LogP contribution in [0.1, 0.15) is 43.0 Å². The minimum absolute atomic E-state index is 0.0215. The summed E-state index contributed by atoms with van der Waals surface area (Å²) in [4.78, 5) is 0.278. The van der Waals surface area contributed by atoms with E-state index in [-0.39, 0.29) is 37.7 Å². The van der Waals surface area contributed by atoms with Gasteiger partial charge in [0.25, 0.3) is 28.4 Å². The van der Waals surface area contributed by atoms with E-state index in [9.17, 15) is 30.7 Å². The summed E-state index contributed by atoms with van der Waals surface area (Å²) in [5, 5.41) is 9.98. The molecule has 0 aliphatic heterocycles. The van der Waals surface area contributed by atoms with E-state index < -0.39 is 28.4 Å². The number of sulfonamides is 2. The highest BCUT2D eigenvalue weighted by Crippen LogP contribution is 2.42. The molecule has 6 aromatic rings. The number of anilines is 2. The van der Waals surface area contributed by atoms with Crippen molar-refractivity contribution in [2.24, 2.45) is 0 Å². The molecule has 0 aromatic heterocycles. The molecular weight excluding hydrogens is 1150 g/mol. The Morgan fingerprint density at radius 3 is 1.07 bits per heavy atom. The lowest BCUT2D eigenvalue weighted by Crippen LogP contribution is -2.43. The van der Waals surface area contributed by atoms with Gasteiger partial charge in [-0.25, -0.2) is 16.8 Å². The third-order valence-corrected chi connectivity index (χ3v) is 18.2. The van der Waals surface area contributed by atoms with Gasteiger partial charge in [-0.05, 0) is 113 Å². The molecule has 6 rings (SSSR count). The van der Waals surface area contributed by atoms with Crippen LogP contribution in [0.25, 0.3) is 24.3 Å². The van der Waals surface area contributed by atoms with E-state index in [1.807, 2.05) is 30.4 Å². The summed E-state index contributed by atoms with van der Waals surface area (Å²) in [5.41, 5.74) is 3.53. The second-order valence-corrected chi connectivity index (χ2v) is 24.9. The van der Waals surface area contributed by atoms with Crippen LogP contribution in [0.2, 0.25) is 18.1 Å². The van der Waals surface area contributed by atoms with Gasteiger partial charge in [0.15, 0.2) is 40.2 Å². The van der Waals surface area contributed by atoms with Crippen molar-refractivity contribution in [2.75, 3.05) is 66.5 Å². The van der Waals surface area contributed by atoms with E-state index in [0.29, 0.717) is 54.4 Å². The van der Waals surface area contributed by atoms with Crippen molar-refractivity contribution in [3.63, 3.8) is 0 Å². The summed E-state index contributed by atoms with van der Waals surface area (Å²) in [7, 11) is 0.254. The third-order valence-electron chi connectivity index (χ3n) is 11.1. The fourth-order valence-electron chi connectivity index (χ4n) is 6.42. The highest BCUT2D eigenvalue weighted by Gasteiger charge is 2.39. The van der Waals surface area contributed by atoms with E-state index in [0.717, 1.165) is 16.7 Å². The zero-order valence-corrected chi connectivity index (χ0v) is 49.0. The molecule has 0 aliphatic carbocycles. The molecule has 0 saturated heterocycles. The first-order valence-corrected chi connectivity index (χ1v) is 28.7. The van der Waals surface area contributed by atoms with E-state index in [4.69, 9.17) is 69.4 Å². The number of alkyl halides is 2. The Morgan fingerprint density at radius 1 is 0.432 bits per heavy atom. The van der Waals surface area contributed by atoms with Gasteiger partial charge in [0.05, 0.1) is 78.2 Å². The summed E-state index contributed by atoms with van der Waals surface area (Å²) in [6, 6.07) is 33.8. The van der Waals surface area contributed by atoms with Crippen LogP contribution in [0.4, 0.5) is 56.7 Å². The molecule has 27 heteroatoms. The number of aromatic hydroxyl groups is 1. The van der Waals surface area contributed by atoms with Gasteiger partial charge in [0, 0.05) is 36.6 Å². The minimum Gasteiger partial charge on any atom is -0.541 e. The minimum atomic E-state index is -3.83. The van der Waals surface area contributed by atoms with E-state index in [2.05, 4.69) is 43.3 Å². The molecule has 0 aliphatic rings. The SMILES string of the molecule is CF.CF.COc1ccc(/C=C\c2cc(NS(=O)(=O)c3ccccc3)c(OC)c(OC)c2)cc1O.COc1ccc(/C=C\c2cc(NS(=O)(=O)c3ccccc3)c(OC)c(OC)c2)cc1O[Si](C)(C)C(C)(C)C.FF.FF.FF.FF. The van der Waals surface area contributed by atoms with E-state index in [1.54, 1.807) is 98.1 Å². The number of phenols is 1. The second kappa shape index (κ2) is 38.8. The largest absolute Gasteiger partial charge is 0.541 e. The van der Waals surface area contributed by atoms with Gasteiger partial charge >= 0.3 is 0 Å². The van der Waals surface area contributed by atoms with Crippen molar-refractivity contribution >= 4 is 64.0 Å². The average Bonchev–Trinajstić information content (AvgIpc) is 3.56. The topological polar surface area (TPSA) is 177 Å². The lowest BCUT2D eigenvalue weighted by molar-refractivity contribution is 0.108. The normalized spacial score (nSPS) is 10.6. The van der Waals surface area contributed by atoms with Gasteiger partial charge in [-0.1, -0.05) is 93.6 Å². The molecule has 450 valence electrons. The lowest BCUT2D eigenvalue weighted by atomic mass is 10.1. The first kappa shape index (κ1) is 75.3. The summed E-state index contributed by atoms with van der Waals surface area (Å²) < 4.78 is 179. The Morgan fingerprint density at radius 2 is 0.753 bits per heavy atom. The van der Waals surface area contributed by atoms with Crippen LogP contribution in [0.5, 0.6) is 46.0 Å². The summed E-state index contributed by atoms with van der Waals surface area (Å²) >= 11 is 0. The molecule has 14 nitrogen and oxygen atoms in total. The fraction of sp³-hybridized carbons (Fsp3) is 0.259. The number of methoxy groups -OCH3 is 6. The van der Waals surface area contributed by atoms with Gasteiger partial charge in [-0.2, -0.15) is 0 Å². The monoisotopic (exact) mass is 1220 g/mol. The van der Waals surface area contributed by atoms with Gasteiger partial charge in [0.1, 0.15) is 5.75 Å². The summed E-state index contributed by atoms with van der Waals surface area (Å²) in [6.45, 7) is 11.0. The Labute approximate surface area is 467 Å². The molecule has 0 saturated carbocycles. The Hall–Kier alpha value is -7.78. The maximum Gasteiger partial charge on any atom is 0.262 e. The number of nitrogens with one attached hydrogen (secondary N) is 2. The molecule has 0 spiro atoms. The van der Waals surface area contributed by atoms with Crippen LogP contribution < -0.4 is 42.3 Å². The molecule has 6 aromatic carbocycles. The summed E-state index contributed by atoms with van der Waals surface area (Å²) in [6.07, 6.45) is 7.34. The zero-order valence-electron chi connectivity index (χ0n) is 46.4. The van der Waals surface area contributed by atoms with Crippen molar-refractivity contribution in [3.8, 4) is 46.0 Å². The van der Waals surface area contributed by atoms with Gasteiger partial charge in [-0.3, -0.25) is 18.2 Å². The fourth-order valence-corrected chi connectivity index (χ4v) is 9.59. The van der Waals surface area contributed by atoms with E-state index >= 15 is 0 Å². The highest BCUT2D eigenvalue weighted by atomic mass is 32.2. The lowest BCUT2D eigenvalue weighted by Gasteiger charge is -2.36. The van der Waals surface area contributed by atoms with Crippen LogP contribution in [0.3, 0.4) is 0 Å². The Balaban J connectivity index is 0. The number of ether oxygens (including phenoxy) is 6. The first-order valence-electron chi connectivity index (χ1n) is 22.8. The van der Waals surface area contributed by atoms with Crippen LogP contribution in [-0.4, -0.2) is 87.3 Å². The average molecular weight is 1220 g/mol. The van der Waals surface area contributed by atoms with Gasteiger partial charge < -0.3 is 38.0 Å². The predicted octanol–water partition coefficient (Wildman–Crippen LogP) is 16.0. The molecule has 0 atom stereocenters. The third kappa shape index (κ3) is 23.1. The standard InChI is InChI=1S/C29H37NO6SSi.C23H23NO6S.2CH3F.4F2/c1-29(2,3)38(7,8)36-26-19-21(16-17-25(26)33-4)14-15-22-18-24(28(35-6)27(20-22)34-5)30-37(31,32)23-12-10-9-11-13-23;1-28-21-12-11-16(14-20(21)25)9-10-17-13-19(23(30-3)22(15-17)29-2)24-31(26,27)18-7-5-4-6-8-18;6*1-2/h9-20,30H,1-8H3;4-15,24-25H,1-3H3;2*1H3;;;;/b15-14-;10-9-;;;;;;. The smallest absolute Gasteiger partial charge is 0.262 e. The molecule has 0 heterocycles. The van der Waals surface area contributed by atoms with Crippen molar-refractivity contribution in [1.29, 1.82) is 0 Å². The van der Waals surface area contributed by atoms with Crippen LogP contribution >= 0.6 is 0 Å². The van der Waals surface area contributed by atoms with Crippen molar-refractivity contribution in [3.05, 3.63) is 144 Å². The maximum atomic E-state index is 13.0. The molecule has 0 bridgehead atoms. The predicted molar refractivity (Wildman–Crippen MR) is 300 cm³/mol. The molecule has 0 fully saturated rings. The molecular formula is C54H66F10N2O12S2Si. The van der Waals surface area contributed by atoms with Crippen molar-refractivity contribution in [1.82, 2.24) is 0 Å². The Bertz CT molecular complexity index is 3040. The molecule has 3 N–H and O–H groups in total. The van der Waals surface area contributed by atoms with Crippen LogP contribution in [-0.2, 0) is 20.0 Å². The summed E-state index contributed by atoms with van der Waals surface area (Å²) in [5.74, 6) is 3.10. The molecule has 0 amide bonds. The zero-order chi connectivity index (χ0) is 62.6. The number of hydrogen-bond donors (Lipinski definition) is 3. The molecule has 81 heavy (non-hydrogen) atoms. The quantitative estimate of drug-likeness (QED) is 0.0422. The van der Waals surface area contributed by atoms with Crippen LogP contribution in [0, 0.1) is 0 Å². The number of halogens is 10. The first-order chi connectivity index (χ1) is 38.7. The maximum absolute atomic E-state index is 13.0. The van der Waals surface area contributed by atoms with Gasteiger partial charge in [0.2, 0.25) is 0 Å². The molecule has 0 radical (unpaired) electrons. The number of phenolic OH excluding ortho intramolecular Hbond substituents is 1. The van der Waals surface area contributed by atoms with E-state index in [1.165, 1.54) is 59.8 Å². The van der Waals surface area contributed by atoms with Gasteiger partial charge in [-0.15, -0.1) is 0 Å². The Kier molecular flexibility index (Phi) is 36.0. The second-order valence-electron chi connectivity index (χ2n) is 16.8. The number of rotatable bonds is 18. The highest BCUT2D eigenvalue weighted by molar-refractivity contribution is 7.93. The van der Waals surface area contributed by atoms with Crippen LogP contribution in [0.15, 0.2) is 131 Å². The number of hydrogen-bond acceptors (Lipinski definition) is 12. The number of benzene rings is 6. The van der Waals surface area contributed by atoms with Crippen molar-refractivity contribution < 1.29 is 100 Å². The van der Waals surface area contributed by atoms with Crippen molar-refractivity contribution in [2.45, 2.75) is 48.7 Å².